The smallest absolute Gasteiger partial charge is 0.0382 e. The summed E-state index contributed by atoms with van der Waals surface area (Å²) < 4.78 is 1.12. The van der Waals surface area contributed by atoms with Crippen molar-refractivity contribution in [3.63, 3.8) is 0 Å². The van der Waals surface area contributed by atoms with Crippen molar-refractivity contribution in [2.75, 3.05) is 0 Å². The predicted octanol–water partition coefficient (Wildman–Crippen LogP) is 5.71. The average Bonchev–Trinajstić information content (AvgIpc) is 2.68. The molecule has 1 aromatic heterocycles. The zero-order valence-electron chi connectivity index (χ0n) is 12.8. The molecular formula is C17H22BrNS. The minimum absolute atomic E-state index is 0.0532. The lowest BCUT2D eigenvalue weighted by atomic mass is 9.92. The van der Waals surface area contributed by atoms with Gasteiger partial charge in [-0.15, -0.1) is 11.3 Å². The van der Waals surface area contributed by atoms with Crippen molar-refractivity contribution in [2.45, 2.75) is 46.2 Å². The normalized spacial score (nSPS) is 13.5. The molecule has 2 rings (SSSR count). The molecule has 1 heterocycles. The van der Waals surface area contributed by atoms with Crippen molar-refractivity contribution in [1.29, 1.82) is 0 Å². The molecule has 0 spiro atoms. The second-order valence-corrected chi connectivity index (χ2v) is 8.24. The lowest BCUT2D eigenvalue weighted by molar-refractivity contribution is 0.357. The maximum atomic E-state index is 3.75. The van der Waals surface area contributed by atoms with Crippen LogP contribution in [0.15, 0.2) is 34.8 Å². The molecule has 0 aliphatic rings. The van der Waals surface area contributed by atoms with Crippen molar-refractivity contribution < 1.29 is 0 Å². The number of rotatable bonds is 4. The van der Waals surface area contributed by atoms with E-state index < -0.39 is 0 Å². The van der Waals surface area contributed by atoms with Crippen LogP contribution in [0.4, 0.5) is 0 Å². The Morgan fingerprint density at radius 2 is 1.75 bits per heavy atom. The molecule has 3 heteroatoms. The molecule has 1 atom stereocenters. The van der Waals surface area contributed by atoms with Crippen LogP contribution in [0.3, 0.4) is 0 Å². The van der Waals surface area contributed by atoms with Crippen molar-refractivity contribution in [3.05, 3.63) is 55.7 Å². The second-order valence-electron chi connectivity index (χ2n) is 5.87. The Bertz CT molecular complexity index is 584. The first-order valence-corrected chi connectivity index (χ1v) is 8.51. The molecule has 1 nitrogen and oxygen atoms in total. The van der Waals surface area contributed by atoms with Crippen LogP contribution in [0.25, 0.3) is 0 Å². The van der Waals surface area contributed by atoms with E-state index in [4.69, 9.17) is 0 Å². The van der Waals surface area contributed by atoms with Crippen molar-refractivity contribution >= 4 is 27.3 Å². The maximum Gasteiger partial charge on any atom is 0.0382 e. The van der Waals surface area contributed by atoms with E-state index in [1.54, 1.807) is 0 Å². The monoisotopic (exact) mass is 351 g/mol. The number of halogens is 1. The fourth-order valence-electron chi connectivity index (χ4n) is 2.65. The zero-order valence-corrected chi connectivity index (χ0v) is 15.2. The van der Waals surface area contributed by atoms with Crippen LogP contribution in [-0.4, -0.2) is 0 Å². The molecule has 0 amide bonds. The lowest BCUT2D eigenvalue weighted by Crippen LogP contribution is -2.38. The summed E-state index contributed by atoms with van der Waals surface area (Å²) in [5.74, 6) is 0. The molecule has 0 saturated carbocycles. The minimum atomic E-state index is -0.0532. The fourth-order valence-corrected chi connectivity index (χ4v) is 3.94. The third kappa shape index (κ3) is 3.51. The highest BCUT2D eigenvalue weighted by Gasteiger charge is 2.24. The Morgan fingerprint density at radius 3 is 2.25 bits per heavy atom. The SMILES string of the molecule is Cc1cc(C(C)NC(C)(C)c2ccc(Br)cc2)c(C)s1. The highest BCUT2D eigenvalue weighted by Crippen LogP contribution is 2.30. The van der Waals surface area contributed by atoms with Crippen molar-refractivity contribution in [1.82, 2.24) is 5.32 Å². The van der Waals surface area contributed by atoms with Crippen molar-refractivity contribution in [2.24, 2.45) is 0 Å². The standard InChI is InChI=1S/C17H22BrNS/c1-11-10-16(13(3)20-11)12(2)19-17(4,5)14-6-8-15(18)9-7-14/h6-10,12,19H,1-5H3. The van der Waals surface area contributed by atoms with Crippen molar-refractivity contribution in [3.8, 4) is 0 Å². The Balaban J connectivity index is 2.19. The van der Waals surface area contributed by atoms with E-state index in [2.05, 4.69) is 86.2 Å². The molecule has 1 N–H and O–H groups in total. The highest BCUT2D eigenvalue weighted by atomic mass is 79.9. The Labute approximate surface area is 134 Å². The van der Waals surface area contributed by atoms with Gasteiger partial charge < -0.3 is 5.32 Å². The molecule has 0 bridgehead atoms. The molecule has 1 aromatic carbocycles. The highest BCUT2D eigenvalue weighted by molar-refractivity contribution is 9.10. The number of hydrogen-bond donors (Lipinski definition) is 1. The van der Waals surface area contributed by atoms with Gasteiger partial charge in [-0.1, -0.05) is 28.1 Å². The van der Waals surface area contributed by atoms with E-state index in [9.17, 15) is 0 Å². The summed E-state index contributed by atoms with van der Waals surface area (Å²) >= 11 is 5.37. The zero-order chi connectivity index (χ0) is 14.9. The summed E-state index contributed by atoms with van der Waals surface area (Å²) in [5.41, 5.74) is 2.66. The summed E-state index contributed by atoms with van der Waals surface area (Å²) in [5, 5.41) is 3.75. The second kappa shape index (κ2) is 6.00. The molecule has 2 aromatic rings. The molecular weight excluding hydrogens is 330 g/mol. The third-order valence-corrected chi connectivity index (χ3v) is 5.20. The van der Waals surface area contributed by atoms with Gasteiger partial charge in [0.2, 0.25) is 0 Å². The van der Waals surface area contributed by atoms with Gasteiger partial charge in [-0.2, -0.15) is 0 Å². The molecule has 1 unspecified atom stereocenters. The number of hydrogen-bond acceptors (Lipinski definition) is 2. The largest absolute Gasteiger partial charge is 0.301 e. The maximum absolute atomic E-state index is 3.75. The first-order valence-electron chi connectivity index (χ1n) is 6.90. The number of thiophene rings is 1. The summed E-state index contributed by atoms with van der Waals surface area (Å²) in [7, 11) is 0. The van der Waals surface area contributed by atoms with Crippen LogP contribution in [0.2, 0.25) is 0 Å². The van der Waals surface area contributed by atoms with Gasteiger partial charge in [0.05, 0.1) is 0 Å². The van der Waals surface area contributed by atoms with Gasteiger partial charge in [0, 0.05) is 25.8 Å². The summed E-state index contributed by atoms with van der Waals surface area (Å²) in [6.07, 6.45) is 0. The first kappa shape index (κ1) is 15.7. The minimum Gasteiger partial charge on any atom is -0.301 e. The average molecular weight is 352 g/mol. The van der Waals surface area contributed by atoms with Gasteiger partial charge in [-0.25, -0.2) is 0 Å². The van der Waals surface area contributed by atoms with E-state index >= 15 is 0 Å². The molecule has 0 radical (unpaired) electrons. The van der Waals surface area contributed by atoms with Gasteiger partial charge >= 0.3 is 0 Å². The van der Waals surface area contributed by atoms with E-state index in [0.717, 1.165) is 4.47 Å². The molecule has 0 aliphatic heterocycles. The topological polar surface area (TPSA) is 12.0 Å². The quantitative estimate of drug-likeness (QED) is 0.743. The number of aryl methyl sites for hydroxylation is 2. The van der Waals surface area contributed by atoms with Crippen LogP contribution >= 0.6 is 27.3 Å². The van der Waals surface area contributed by atoms with Crippen LogP contribution in [0.1, 0.15) is 47.7 Å². The Hall–Kier alpha value is -0.640. The fraction of sp³-hybridized carbons (Fsp3) is 0.412. The Morgan fingerprint density at radius 1 is 1.15 bits per heavy atom. The van der Waals surface area contributed by atoms with E-state index in [-0.39, 0.29) is 5.54 Å². The molecule has 0 saturated heterocycles. The van der Waals surface area contributed by atoms with E-state index in [1.165, 1.54) is 20.9 Å². The van der Waals surface area contributed by atoms with Gasteiger partial charge in [0.25, 0.3) is 0 Å². The first-order chi connectivity index (χ1) is 9.29. The van der Waals surface area contributed by atoms with Crippen LogP contribution in [0, 0.1) is 13.8 Å². The Kier molecular flexibility index (Phi) is 4.73. The summed E-state index contributed by atoms with van der Waals surface area (Å²) in [6.45, 7) is 11.1. The summed E-state index contributed by atoms with van der Waals surface area (Å²) in [4.78, 5) is 2.79. The molecule has 0 aliphatic carbocycles. The van der Waals surface area contributed by atoms with E-state index in [0.29, 0.717) is 6.04 Å². The van der Waals surface area contributed by atoms with E-state index in [1.807, 2.05) is 11.3 Å². The van der Waals surface area contributed by atoms with Crippen LogP contribution < -0.4 is 5.32 Å². The predicted molar refractivity (Wildman–Crippen MR) is 92.5 cm³/mol. The molecule has 108 valence electrons. The number of benzene rings is 1. The van der Waals surface area contributed by atoms with Crippen LogP contribution in [0.5, 0.6) is 0 Å². The third-order valence-electron chi connectivity index (χ3n) is 3.69. The van der Waals surface area contributed by atoms with Gasteiger partial charge in [0.15, 0.2) is 0 Å². The molecule has 0 fully saturated rings. The van der Waals surface area contributed by atoms with Gasteiger partial charge in [-0.05, 0) is 63.9 Å². The van der Waals surface area contributed by atoms with Gasteiger partial charge in [0.1, 0.15) is 0 Å². The lowest BCUT2D eigenvalue weighted by Gasteiger charge is -2.31. The van der Waals surface area contributed by atoms with Crippen LogP contribution in [-0.2, 0) is 5.54 Å². The summed E-state index contributed by atoms with van der Waals surface area (Å²) in [6, 6.07) is 11.2. The number of nitrogens with one attached hydrogen (secondary N) is 1. The molecule has 20 heavy (non-hydrogen) atoms. The van der Waals surface area contributed by atoms with Gasteiger partial charge in [-0.3, -0.25) is 0 Å².